The van der Waals surface area contributed by atoms with Gasteiger partial charge in [0.2, 0.25) is 0 Å². The number of aliphatic hydroxyl groups excluding tert-OH is 1. The molecule has 0 saturated heterocycles. The van der Waals surface area contributed by atoms with Crippen molar-refractivity contribution in [3.05, 3.63) is 0 Å². The molecular formula is C12H26O. The minimum atomic E-state index is -0.0289. The van der Waals surface area contributed by atoms with E-state index in [4.69, 9.17) is 0 Å². The normalized spacial score (nSPS) is 33.9. The molecule has 3 unspecified atom stereocenters. The summed E-state index contributed by atoms with van der Waals surface area (Å²) < 4.78 is 0. The molecule has 0 spiro atoms. The van der Waals surface area contributed by atoms with Crippen molar-refractivity contribution in [3.8, 4) is 0 Å². The molecule has 1 nitrogen and oxygen atoms in total. The summed E-state index contributed by atoms with van der Waals surface area (Å²) in [6.07, 6.45) is 3.52. The monoisotopic (exact) mass is 186 g/mol. The van der Waals surface area contributed by atoms with Gasteiger partial charge in [-0.25, -0.2) is 0 Å². The van der Waals surface area contributed by atoms with Gasteiger partial charge in [0.25, 0.3) is 0 Å². The van der Waals surface area contributed by atoms with Crippen LogP contribution in [0.5, 0.6) is 0 Å². The zero-order chi connectivity index (χ0) is 10.4. The first-order chi connectivity index (χ1) is 6.11. The molecule has 0 aromatic carbocycles. The second kappa shape index (κ2) is 6.42. The molecule has 1 aliphatic carbocycles. The summed E-state index contributed by atoms with van der Waals surface area (Å²) in [5.41, 5.74) is 0. The largest absolute Gasteiger partial charge is 0.393 e. The van der Waals surface area contributed by atoms with E-state index in [-0.39, 0.29) is 6.10 Å². The molecule has 0 aromatic rings. The van der Waals surface area contributed by atoms with E-state index in [2.05, 4.69) is 20.8 Å². The predicted molar refractivity (Wildman–Crippen MR) is 58.7 cm³/mol. The smallest absolute Gasteiger partial charge is 0.0573 e. The van der Waals surface area contributed by atoms with Crippen molar-refractivity contribution >= 4 is 0 Å². The maximum absolute atomic E-state index is 9.71. The van der Waals surface area contributed by atoms with Gasteiger partial charge in [0.05, 0.1) is 6.10 Å². The first-order valence-corrected chi connectivity index (χ1v) is 5.79. The third-order valence-electron chi connectivity index (χ3n) is 2.99. The summed E-state index contributed by atoms with van der Waals surface area (Å²) in [5.74, 6) is 1.95. The van der Waals surface area contributed by atoms with Gasteiger partial charge >= 0.3 is 0 Å². The van der Waals surface area contributed by atoms with Crippen LogP contribution < -0.4 is 0 Å². The maximum atomic E-state index is 9.71. The van der Waals surface area contributed by atoms with Crippen LogP contribution in [0.2, 0.25) is 0 Å². The molecule has 0 heterocycles. The molecule has 1 fully saturated rings. The summed E-state index contributed by atoms with van der Waals surface area (Å²) in [6, 6.07) is 0. The van der Waals surface area contributed by atoms with Crippen molar-refractivity contribution < 1.29 is 5.11 Å². The minimum Gasteiger partial charge on any atom is -0.393 e. The highest BCUT2D eigenvalue weighted by molar-refractivity contribution is 4.79. The van der Waals surface area contributed by atoms with Crippen LogP contribution in [0.25, 0.3) is 0 Å². The van der Waals surface area contributed by atoms with Crippen molar-refractivity contribution in [2.75, 3.05) is 0 Å². The second-order valence-corrected chi connectivity index (χ2v) is 4.39. The molecule has 0 bridgehead atoms. The molecule has 1 N–H and O–H groups in total. The number of hydrogen-bond donors (Lipinski definition) is 1. The van der Waals surface area contributed by atoms with Crippen LogP contribution in [-0.4, -0.2) is 11.2 Å². The Balaban J connectivity index is 0.000000671. The zero-order valence-electron chi connectivity index (χ0n) is 9.88. The van der Waals surface area contributed by atoms with E-state index >= 15 is 0 Å². The van der Waals surface area contributed by atoms with E-state index in [1.54, 1.807) is 0 Å². The second-order valence-electron chi connectivity index (χ2n) is 4.39. The topological polar surface area (TPSA) is 20.2 Å². The zero-order valence-corrected chi connectivity index (χ0v) is 9.88. The summed E-state index contributed by atoms with van der Waals surface area (Å²) in [6.45, 7) is 10.7. The molecule has 0 aromatic heterocycles. The summed E-state index contributed by atoms with van der Waals surface area (Å²) in [7, 11) is 0. The molecule has 1 saturated carbocycles. The van der Waals surface area contributed by atoms with E-state index in [0.29, 0.717) is 11.8 Å². The lowest BCUT2D eigenvalue weighted by Gasteiger charge is -2.33. The van der Waals surface area contributed by atoms with Gasteiger partial charge < -0.3 is 5.11 Å². The van der Waals surface area contributed by atoms with E-state index in [1.165, 1.54) is 12.8 Å². The molecular weight excluding hydrogens is 160 g/mol. The van der Waals surface area contributed by atoms with Crippen LogP contribution >= 0.6 is 0 Å². The SMILES string of the molecule is CC.CC1CCC(C(C)C)C(O)C1. The van der Waals surface area contributed by atoms with Gasteiger partial charge in [0, 0.05) is 0 Å². The molecule has 3 atom stereocenters. The number of rotatable bonds is 1. The van der Waals surface area contributed by atoms with Crippen molar-refractivity contribution in [2.24, 2.45) is 17.8 Å². The van der Waals surface area contributed by atoms with Crippen molar-refractivity contribution in [2.45, 2.75) is 60.0 Å². The van der Waals surface area contributed by atoms with Crippen LogP contribution in [0.1, 0.15) is 53.9 Å². The Labute approximate surface area is 83.5 Å². The quantitative estimate of drug-likeness (QED) is 0.665. The molecule has 1 aliphatic rings. The van der Waals surface area contributed by atoms with E-state index in [0.717, 1.165) is 12.3 Å². The third-order valence-corrected chi connectivity index (χ3v) is 2.99. The summed E-state index contributed by atoms with van der Waals surface area (Å²) in [4.78, 5) is 0. The van der Waals surface area contributed by atoms with E-state index in [9.17, 15) is 5.11 Å². The first kappa shape index (κ1) is 13.0. The van der Waals surface area contributed by atoms with Gasteiger partial charge in [-0.2, -0.15) is 0 Å². The Morgan fingerprint density at radius 2 is 1.69 bits per heavy atom. The highest BCUT2D eigenvalue weighted by atomic mass is 16.3. The Morgan fingerprint density at radius 1 is 1.15 bits per heavy atom. The molecule has 13 heavy (non-hydrogen) atoms. The standard InChI is InChI=1S/C10H20O.C2H6/c1-7(2)9-5-4-8(3)6-10(9)11;1-2/h7-11H,4-6H2,1-3H3;1-2H3. The lowest BCUT2D eigenvalue weighted by molar-refractivity contribution is 0.0266. The number of hydrogen-bond acceptors (Lipinski definition) is 1. The fourth-order valence-corrected chi connectivity index (χ4v) is 2.15. The Bertz CT molecular complexity index is 120. The van der Waals surface area contributed by atoms with Crippen LogP contribution in [0, 0.1) is 17.8 Å². The van der Waals surface area contributed by atoms with Crippen molar-refractivity contribution in [1.29, 1.82) is 0 Å². The van der Waals surface area contributed by atoms with Gasteiger partial charge in [-0.3, -0.25) is 0 Å². The molecule has 80 valence electrons. The lowest BCUT2D eigenvalue weighted by Crippen LogP contribution is -2.31. The highest BCUT2D eigenvalue weighted by Crippen LogP contribution is 2.33. The number of aliphatic hydroxyl groups is 1. The van der Waals surface area contributed by atoms with Crippen molar-refractivity contribution in [1.82, 2.24) is 0 Å². The van der Waals surface area contributed by atoms with Gasteiger partial charge in [0.15, 0.2) is 0 Å². The summed E-state index contributed by atoms with van der Waals surface area (Å²) >= 11 is 0. The minimum absolute atomic E-state index is 0.0289. The van der Waals surface area contributed by atoms with Crippen LogP contribution in [-0.2, 0) is 0 Å². The molecule has 0 radical (unpaired) electrons. The molecule has 1 rings (SSSR count). The summed E-state index contributed by atoms with van der Waals surface area (Å²) in [5, 5.41) is 9.71. The molecule has 1 heteroatoms. The predicted octanol–water partition coefficient (Wildman–Crippen LogP) is 3.47. The lowest BCUT2D eigenvalue weighted by atomic mass is 9.75. The van der Waals surface area contributed by atoms with Gasteiger partial charge in [-0.15, -0.1) is 0 Å². The van der Waals surface area contributed by atoms with Crippen LogP contribution in [0.4, 0.5) is 0 Å². The average Bonchev–Trinajstić information content (AvgIpc) is 2.07. The Morgan fingerprint density at radius 3 is 2.08 bits per heavy atom. The molecule has 0 aliphatic heterocycles. The third kappa shape index (κ3) is 4.12. The Kier molecular flexibility index (Phi) is 6.40. The maximum Gasteiger partial charge on any atom is 0.0573 e. The van der Waals surface area contributed by atoms with Gasteiger partial charge in [-0.1, -0.05) is 41.0 Å². The first-order valence-electron chi connectivity index (χ1n) is 5.79. The Hall–Kier alpha value is -0.0400. The van der Waals surface area contributed by atoms with Crippen LogP contribution in [0.3, 0.4) is 0 Å². The van der Waals surface area contributed by atoms with Crippen LogP contribution in [0.15, 0.2) is 0 Å². The fraction of sp³-hybridized carbons (Fsp3) is 1.00. The fourth-order valence-electron chi connectivity index (χ4n) is 2.15. The van der Waals surface area contributed by atoms with E-state index < -0.39 is 0 Å². The van der Waals surface area contributed by atoms with Gasteiger partial charge in [-0.05, 0) is 30.6 Å². The highest BCUT2D eigenvalue weighted by Gasteiger charge is 2.28. The van der Waals surface area contributed by atoms with E-state index in [1.807, 2.05) is 13.8 Å². The average molecular weight is 186 g/mol. The van der Waals surface area contributed by atoms with Gasteiger partial charge in [0.1, 0.15) is 0 Å². The van der Waals surface area contributed by atoms with Crippen molar-refractivity contribution in [3.63, 3.8) is 0 Å². The molecule has 0 amide bonds.